The van der Waals surface area contributed by atoms with Crippen molar-refractivity contribution >= 4 is 27.3 Å². The number of rotatable bonds is 4. The van der Waals surface area contributed by atoms with Crippen LogP contribution in [0.5, 0.6) is 5.75 Å². The first-order valence-corrected chi connectivity index (χ1v) is 8.76. The summed E-state index contributed by atoms with van der Waals surface area (Å²) in [6.45, 7) is 0. The summed E-state index contributed by atoms with van der Waals surface area (Å²) in [5, 5.41) is -0.528. The van der Waals surface area contributed by atoms with Crippen LogP contribution in [0.3, 0.4) is 0 Å². The molecular weight excluding hydrogens is 424 g/mol. The highest BCUT2D eigenvalue weighted by Crippen LogP contribution is 2.39. The maximum absolute atomic E-state index is 13.0. The molecule has 0 aliphatic rings. The summed E-state index contributed by atoms with van der Waals surface area (Å²) < 4.78 is 108. The van der Waals surface area contributed by atoms with E-state index in [9.17, 15) is 34.8 Å². The van der Waals surface area contributed by atoms with Crippen LogP contribution in [0.25, 0.3) is 0 Å². The molecule has 148 valence electrons. The fourth-order valence-corrected chi connectivity index (χ4v) is 3.67. The molecule has 1 N–H and O–H groups in total. The second-order valence-electron chi connectivity index (χ2n) is 5.16. The van der Waals surface area contributed by atoms with Crippen molar-refractivity contribution < 1.29 is 39.5 Å². The molecule has 2 rings (SSSR count). The van der Waals surface area contributed by atoms with Crippen molar-refractivity contribution in [3.63, 3.8) is 0 Å². The molecule has 0 saturated carbocycles. The largest absolute Gasteiger partial charge is 0.496 e. The Morgan fingerprint density at radius 3 is 2.11 bits per heavy atom. The number of methoxy groups -OCH3 is 1. The Bertz CT molecular complexity index is 957. The predicted molar refractivity (Wildman–Crippen MR) is 85.3 cm³/mol. The van der Waals surface area contributed by atoms with E-state index in [2.05, 4.69) is 4.74 Å². The van der Waals surface area contributed by atoms with Crippen molar-refractivity contribution in [2.75, 3.05) is 11.8 Å². The van der Waals surface area contributed by atoms with Gasteiger partial charge in [-0.25, -0.2) is 8.42 Å². The van der Waals surface area contributed by atoms with E-state index in [1.54, 1.807) is 4.72 Å². The highest BCUT2D eigenvalue weighted by molar-refractivity contribution is 7.92. The van der Waals surface area contributed by atoms with E-state index >= 15 is 0 Å². The van der Waals surface area contributed by atoms with E-state index in [1.807, 2.05) is 0 Å². The van der Waals surface area contributed by atoms with E-state index in [0.717, 1.165) is 25.3 Å². The van der Waals surface area contributed by atoms with Crippen LogP contribution in [0.15, 0.2) is 41.3 Å². The molecule has 0 aromatic heterocycles. The Morgan fingerprint density at radius 1 is 0.963 bits per heavy atom. The van der Waals surface area contributed by atoms with E-state index in [4.69, 9.17) is 11.6 Å². The van der Waals surface area contributed by atoms with Gasteiger partial charge in [-0.15, -0.1) is 0 Å². The van der Waals surface area contributed by atoms with Crippen LogP contribution in [0, 0.1) is 0 Å². The Balaban J connectivity index is 2.49. The van der Waals surface area contributed by atoms with Crippen LogP contribution in [0.1, 0.15) is 11.1 Å². The molecule has 12 heteroatoms. The van der Waals surface area contributed by atoms with Crippen LogP contribution >= 0.6 is 11.6 Å². The van der Waals surface area contributed by atoms with Gasteiger partial charge in [0.2, 0.25) is 0 Å². The molecule has 0 spiro atoms. The maximum Gasteiger partial charge on any atom is 0.420 e. The summed E-state index contributed by atoms with van der Waals surface area (Å²) in [4.78, 5) is -0.927. The first-order valence-electron chi connectivity index (χ1n) is 6.90. The van der Waals surface area contributed by atoms with Crippen LogP contribution in [-0.4, -0.2) is 15.5 Å². The number of halogens is 7. The molecule has 0 unspecified atom stereocenters. The Morgan fingerprint density at radius 2 is 1.59 bits per heavy atom. The zero-order valence-electron chi connectivity index (χ0n) is 13.2. The third kappa shape index (κ3) is 4.78. The minimum absolute atomic E-state index is 0.291. The second kappa shape index (κ2) is 7.12. The van der Waals surface area contributed by atoms with Gasteiger partial charge in [0.05, 0.1) is 23.3 Å². The van der Waals surface area contributed by atoms with Crippen LogP contribution in [0.4, 0.5) is 32.0 Å². The summed E-state index contributed by atoms with van der Waals surface area (Å²) in [7, 11) is -3.70. The van der Waals surface area contributed by atoms with Gasteiger partial charge in [0, 0.05) is 5.69 Å². The first-order chi connectivity index (χ1) is 12.3. The number of hydrogen-bond donors (Lipinski definition) is 1. The number of hydrogen-bond acceptors (Lipinski definition) is 3. The molecule has 0 radical (unpaired) electrons. The topological polar surface area (TPSA) is 55.4 Å². The number of benzene rings is 2. The number of sulfonamides is 1. The molecule has 27 heavy (non-hydrogen) atoms. The minimum atomic E-state index is -4.85. The first kappa shape index (κ1) is 21.2. The molecule has 0 aliphatic carbocycles. The third-order valence-electron chi connectivity index (χ3n) is 3.31. The average molecular weight is 434 g/mol. The van der Waals surface area contributed by atoms with Crippen molar-refractivity contribution in [1.82, 2.24) is 0 Å². The molecule has 0 atom stereocenters. The predicted octanol–water partition coefficient (Wildman–Crippen LogP) is 5.19. The number of anilines is 1. The molecule has 0 amide bonds. The molecule has 2 aromatic rings. The lowest BCUT2D eigenvalue weighted by molar-refractivity contribution is -0.139. The summed E-state index contributed by atoms with van der Waals surface area (Å²) >= 11 is 5.66. The van der Waals surface area contributed by atoms with E-state index in [1.165, 1.54) is 0 Å². The quantitative estimate of drug-likeness (QED) is 0.675. The monoisotopic (exact) mass is 433 g/mol. The molecule has 0 fully saturated rings. The standard InChI is InChI=1S/C15H10ClF6NO3S/c1-26-12-5-3-9(7-10(12)15(20,21)22)23-27(24,25)13-6-8(14(17,18)19)2-4-11(13)16/h2-7,23H,1H3. The van der Waals surface area contributed by atoms with Crippen molar-refractivity contribution in [3.05, 3.63) is 52.5 Å². The lowest BCUT2D eigenvalue weighted by Crippen LogP contribution is -2.16. The smallest absolute Gasteiger partial charge is 0.420 e. The Hall–Kier alpha value is -2.14. The molecule has 2 aromatic carbocycles. The van der Waals surface area contributed by atoms with E-state index < -0.39 is 54.9 Å². The van der Waals surface area contributed by atoms with Gasteiger partial charge in [-0.05, 0) is 36.4 Å². The van der Waals surface area contributed by atoms with Gasteiger partial charge >= 0.3 is 12.4 Å². The van der Waals surface area contributed by atoms with Gasteiger partial charge in [0.1, 0.15) is 10.6 Å². The van der Waals surface area contributed by atoms with Gasteiger partial charge in [0.25, 0.3) is 10.0 Å². The van der Waals surface area contributed by atoms with Crippen molar-refractivity contribution in [1.29, 1.82) is 0 Å². The van der Waals surface area contributed by atoms with E-state index in [-0.39, 0.29) is 0 Å². The Kier molecular flexibility index (Phi) is 5.58. The molecule has 0 saturated heterocycles. The van der Waals surface area contributed by atoms with Crippen LogP contribution < -0.4 is 9.46 Å². The Labute approximate surface area is 154 Å². The number of alkyl halides is 6. The number of nitrogens with one attached hydrogen (secondary N) is 1. The van der Waals surface area contributed by atoms with Crippen molar-refractivity contribution in [3.8, 4) is 5.75 Å². The van der Waals surface area contributed by atoms with Crippen molar-refractivity contribution in [2.24, 2.45) is 0 Å². The summed E-state index contributed by atoms with van der Waals surface area (Å²) in [5.74, 6) is -0.553. The molecule has 4 nitrogen and oxygen atoms in total. The van der Waals surface area contributed by atoms with E-state index in [0.29, 0.717) is 18.2 Å². The summed E-state index contributed by atoms with van der Waals surface area (Å²) in [5.41, 5.74) is -3.07. The van der Waals surface area contributed by atoms with Gasteiger partial charge in [-0.2, -0.15) is 26.3 Å². The molecule has 0 bridgehead atoms. The summed E-state index contributed by atoms with van der Waals surface area (Å²) in [6.07, 6.45) is -9.68. The zero-order chi connectivity index (χ0) is 20.6. The fourth-order valence-electron chi connectivity index (χ4n) is 2.09. The van der Waals surface area contributed by atoms with Gasteiger partial charge < -0.3 is 4.74 Å². The van der Waals surface area contributed by atoms with Crippen molar-refractivity contribution in [2.45, 2.75) is 17.2 Å². The third-order valence-corrected chi connectivity index (χ3v) is 5.17. The SMILES string of the molecule is COc1ccc(NS(=O)(=O)c2cc(C(F)(F)F)ccc2Cl)cc1C(F)(F)F. The zero-order valence-corrected chi connectivity index (χ0v) is 14.8. The molecular formula is C15H10ClF6NO3S. The van der Waals surface area contributed by atoms with Gasteiger partial charge in [-0.1, -0.05) is 11.6 Å². The maximum atomic E-state index is 13.0. The number of ether oxygens (including phenoxy) is 1. The van der Waals surface area contributed by atoms with Crippen LogP contribution in [0.2, 0.25) is 5.02 Å². The molecule has 0 heterocycles. The highest BCUT2D eigenvalue weighted by Gasteiger charge is 2.35. The molecule has 0 aliphatic heterocycles. The highest BCUT2D eigenvalue weighted by atomic mass is 35.5. The average Bonchev–Trinajstić information content (AvgIpc) is 2.52. The minimum Gasteiger partial charge on any atom is -0.496 e. The lowest BCUT2D eigenvalue weighted by Gasteiger charge is -2.15. The summed E-state index contributed by atoms with van der Waals surface area (Å²) in [6, 6.07) is 3.89. The van der Waals surface area contributed by atoms with Gasteiger partial charge in [-0.3, -0.25) is 4.72 Å². The normalized spacial score (nSPS) is 12.7. The van der Waals surface area contributed by atoms with Crippen LogP contribution in [-0.2, 0) is 22.4 Å². The fraction of sp³-hybridized carbons (Fsp3) is 0.200. The second-order valence-corrected chi connectivity index (χ2v) is 7.22. The lowest BCUT2D eigenvalue weighted by atomic mass is 10.1. The van der Waals surface area contributed by atoms with Gasteiger partial charge in [0.15, 0.2) is 0 Å².